The van der Waals surface area contributed by atoms with Crippen LogP contribution in [0.25, 0.3) is 0 Å². The van der Waals surface area contributed by atoms with Crippen molar-refractivity contribution in [3.8, 4) is 0 Å². The molecule has 0 saturated heterocycles. The molecule has 1 aromatic rings. The number of benzene rings is 1. The second-order valence-corrected chi connectivity index (χ2v) is 5.04. The molecule has 4 heteroatoms. The fourth-order valence-corrected chi connectivity index (χ4v) is 2.27. The van der Waals surface area contributed by atoms with Crippen LogP contribution in [0.3, 0.4) is 0 Å². The quantitative estimate of drug-likeness (QED) is 0.825. The fourth-order valence-electron chi connectivity index (χ4n) is 2.27. The third-order valence-electron chi connectivity index (χ3n) is 3.35. The van der Waals surface area contributed by atoms with Gasteiger partial charge in [-0.3, -0.25) is 4.79 Å². The number of hydrogen-bond donors (Lipinski definition) is 2. The Morgan fingerprint density at radius 1 is 1.42 bits per heavy atom. The minimum Gasteiger partial charge on any atom is -0.378 e. The Labute approximate surface area is 114 Å². The molecule has 0 spiro atoms. The Balaban J connectivity index is 1.66. The zero-order valence-electron chi connectivity index (χ0n) is 11.6. The summed E-state index contributed by atoms with van der Waals surface area (Å²) in [5.74, 6) is 0.00506. The van der Waals surface area contributed by atoms with Crippen molar-refractivity contribution in [3.63, 3.8) is 0 Å². The van der Waals surface area contributed by atoms with E-state index < -0.39 is 0 Å². The zero-order chi connectivity index (χ0) is 13.7. The van der Waals surface area contributed by atoms with Crippen molar-refractivity contribution in [3.05, 3.63) is 29.8 Å². The number of hydrogen-bond acceptors (Lipinski definition) is 3. The third-order valence-corrected chi connectivity index (χ3v) is 3.35. The van der Waals surface area contributed by atoms with Crippen LogP contribution in [0.1, 0.15) is 25.3 Å². The zero-order valence-corrected chi connectivity index (χ0v) is 11.6. The van der Waals surface area contributed by atoms with E-state index in [1.54, 1.807) is 0 Å². The number of nitrogens with one attached hydrogen (secondary N) is 2. The van der Waals surface area contributed by atoms with Gasteiger partial charge in [-0.1, -0.05) is 12.1 Å². The molecule has 1 aromatic carbocycles. The summed E-state index contributed by atoms with van der Waals surface area (Å²) in [5.41, 5.74) is 2.00. The average Bonchev–Trinajstić information content (AvgIpc) is 2.32. The van der Waals surface area contributed by atoms with Gasteiger partial charge in [0.25, 0.3) is 0 Å². The van der Waals surface area contributed by atoms with E-state index in [2.05, 4.69) is 10.6 Å². The fraction of sp³-hybridized carbons (Fsp3) is 0.533. The molecule has 0 bridgehead atoms. The molecule has 19 heavy (non-hydrogen) atoms. The van der Waals surface area contributed by atoms with Gasteiger partial charge in [0.2, 0.25) is 5.91 Å². The molecule has 1 fully saturated rings. The molecule has 1 amide bonds. The predicted octanol–water partition coefficient (Wildman–Crippen LogP) is 2.09. The van der Waals surface area contributed by atoms with E-state index in [0.717, 1.165) is 30.7 Å². The molecule has 4 nitrogen and oxygen atoms in total. The number of anilines is 1. The largest absolute Gasteiger partial charge is 0.378 e. The lowest BCUT2D eigenvalue weighted by atomic mass is 9.89. The van der Waals surface area contributed by atoms with Crippen molar-refractivity contribution in [2.45, 2.75) is 38.8 Å². The molecule has 104 valence electrons. The molecule has 2 N–H and O–H groups in total. The standard InChI is InChI=1S/C15H22N2O2/c1-3-19-14-8-13(9-14)16-10-15(18)17-12-6-4-5-11(2)7-12/h4-7,13-14,16H,3,8-10H2,1-2H3,(H,17,18). The predicted molar refractivity (Wildman–Crippen MR) is 76.2 cm³/mol. The molecule has 0 aliphatic heterocycles. The van der Waals surface area contributed by atoms with Crippen molar-refractivity contribution in [2.75, 3.05) is 18.5 Å². The summed E-state index contributed by atoms with van der Waals surface area (Å²) in [6, 6.07) is 8.23. The monoisotopic (exact) mass is 262 g/mol. The highest BCUT2D eigenvalue weighted by Crippen LogP contribution is 2.22. The summed E-state index contributed by atoms with van der Waals surface area (Å²) in [6.07, 6.45) is 2.39. The lowest BCUT2D eigenvalue weighted by Crippen LogP contribution is -2.47. The maximum absolute atomic E-state index is 11.8. The molecule has 0 radical (unpaired) electrons. The molecule has 1 aliphatic carbocycles. The van der Waals surface area contributed by atoms with E-state index in [1.807, 2.05) is 38.1 Å². The topological polar surface area (TPSA) is 50.4 Å². The summed E-state index contributed by atoms with van der Waals surface area (Å²) in [6.45, 7) is 5.15. The smallest absolute Gasteiger partial charge is 0.238 e. The highest BCUT2D eigenvalue weighted by Gasteiger charge is 2.29. The van der Waals surface area contributed by atoms with Crippen LogP contribution in [0.4, 0.5) is 5.69 Å². The van der Waals surface area contributed by atoms with Crippen LogP contribution in [-0.4, -0.2) is 31.2 Å². The Morgan fingerprint density at radius 3 is 2.89 bits per heavy atom. The van der Waals surface area contributed by atoms with Gasteiger partial charge in [-0.25, -0.2) is 0 Å². The first-order chi connectivity index (χ1) is 9.17. The van der Waals surface area contributed by atoms with Gasteiger partial charge in [0.05, 0.1) is 12.6 Å². The summed E-state index contributed by atoms with van der Waals surface area (Å²) in [4.78, 5) is 11.8. The van der Waals surface area contributed by atoms with Gasteiger partial charge in [-0.15, -0.1) is 0 Å². The lowest BCUT2D eigenvalue weighted by molar-refractivity contribution is -0.116. The maximum atomic E-state index is 11.8. The van der Waals surface area contributed by atoms with Gasteiger partial charge in [-0.2, -0.15) is 0 Å². The van der Waals surface area contributed by atoms with Crippen LogP contribution in [0, 0.1) is 6.92 Å². The minimum atomic E-state index is 0.00506. The first-order valence-electron chi connectivity index (χ1n) is 6.89. The Hall–Kier alpha value is -1.39. The van der Waals surface area contributed by atoms with Crippen LogP contribution in [0.2, 0.25) is 0 Å². The molecule has 0 aromatic heterocycles. The van der Waals surface area contributed by atoms with Gasteiger partial charge in [0.15, 0.2) is 0 Å². The van der Waals surface area contributed by atoms with E-state index in [-0.39, 0.29) is 5.91 Å². The van der Waals surface area contributed by atoms with E-state index in [9.17, 15) is 4.79 Å². The molecule has 0 atom stereocenters. The maximum Gasteiger partial charge on any atom is 0.238 e. The second kappa shape index (κ2) is 6.68. The van der Waals surface area contributed by atoms with Crippen LogP contribution >= 0.6 is 0 Å². The van der Waals surface area contributed by atoms with Crippen LogP contribution < -0.4 is 10.6 Å². The van der Waals surface area contributed by atoms with Crippen molar-refractivity contribution >= 4 is 11.6 Å². The summed E-state index contributed by atoms with van der Waals surface area (Å²) < 4.78 is 5.48. The number of aryl methyl sites for hydroxylation is 1. The van der Waals surface area contributed by atoms with Gasteiger partial charge in [0.1, 0.15) is 0 Å². The van der Waals surface area contributed by atoms with E-state index in [0.29, 0.717) is 18.7 Å². The van der Waals surface area contributed by atoms with Crippen molar-refractivity contribution in [1.29, 1.82) is 0 Å². The minimum absolute atomic E-state index is 0.00506. The molecule has 0 heterocycles. The molecule has 1 aliphatic rings. The molecule has 1 saturated carbocycles. The third kappa shape index (κ3) is 4.33. The number of amides is 1. The van der Waals surface area contributed by atoms with Crippen molar-refractivity contribution in [1.82, 2.24) is 5.32 Å². The van der Waals surface area contributed by atoms with Crippen molar-refractivity contribution in [2.24, 2.45) is 0 Å². The van der Waals surface area contributed by atoms with Crippen molar-refractivity contribution < 1.29 is 9.53 Å². The van der Waals surface area contributed by atoms with E-state index in [4.69, 9.17) is 4.74 Å². The van der Waals surface area contributed by atoms with E-state index in [1.165, 1.54) is 0 Å². The summed E-state index contributed by atoms with van der Waals surface area (Å²) in [5, 5.41) is 6.14. The highest BCUT2D eigenvalue weighted by atomic mass is 16.5. The van der Waals surface area contributed by atoms with Gasteiger partial charge < -0.3 is 15.4 Å². The Morgan fingerprint density at radius 2 is 2.21 bits per heavy atom. The van der Waals surface area contributed by atoms with Gasteiger partial charge in [0, 0.05) is 18.3 Å². The average molecular weight is 262 g/mol. The molecular weight excluding hydrogens is 240 g/mol. The second-order valence-electron chi connectivity index (χ2n) is 5.04. The SMILES string of the molecule is CCOC1CC(NCC(=O)Nc2cccc(C)c2)C1. The summed E-state index contributed by atoms with van der Waals surface area (Å²) in [7, 11) is 0. The first kappa shape index (κ1) is 14.0. The molecule has 0 unspecified atom stereocenters. The van der Waals surface area contributed by atoms with Gasteiger partial charge in [-0.05, 0) is 44.4 Å². The summed E-state index contributed by atoms with van der Waals surface area (Å²) >= 11 is 0. The van der Waals surface area contributed by atoms with E-state index >= 15 is 0 Å². The van der Waals surface area contributed by atoms with Crippen LogP contribution in [-0.2, 0) is 9.53 Å². The number of carbonyl (C=O) groups is 1. The molecule has 2 rings (SSSR count). The Bertz CT molecular complexity index is 428. The molecular formula is C15H22N2O2. The number of carbonyl (C=O) groups excluding carboxylic acids is 1. The first-order valence-corrected chi connectivity index (χ1v) is 6.89. The Kier molecular flexibility index (Phi) is 4.93. The van der Waals surface area contributed by atoms with Crippen LogP contribution in [0.15, 0.2) is 24.3 Å². The van der Waals surface area contributed by atoms with Crippen LogP contribution in [0.5, 0.6) is 0 Å². The lowest BCUT2D eigenvalue weighted by Gasteiger charge is -2.35. The van der Waals surface area contributed by atoms with Gasteiger partial charge >= 0.3 is 0 Å². The normalized spacial score (nSPS) is 21.8. The number of rotatable bonds is 6. The number of ether oxygens (including phenoxy) is 1. The highest BCUT2D eigenvalue weighted by molar-refractivity contribution is 5.92.